The fourth-order valence-electron chi connectivity index (χ4n) is 1.82. The van der Waals surface area contributed by atoms with Crippen LogP contribution in [0.15, 0.2) is 44.7 Å². The summed E-state index contributed by atoms with van der Waals surface area (Å²) >= 11 is 6.50. The smallest absolute Gasteiger partial charge is 0.243 e. The van der Waals surface area contributed by atoms with E-state index in [0.29, 0.717) is 28.5 Å². The van der Waals surface area contributed by atoms with Gasteiger partial charge in [-0.15, -0.1) is 0 Å². The molecule has 0 aliphatic heterocycles. The van der Waals surface area contributed by atoms with Crippen molar-refractivity contribution in [2.24, 2.45) is 0 Å². The highest BCUT2D eigenvalue weighted by Gasteiger charge is 2.21. The summed E-state index contributed by atoms with van der Waals surface area (Å²) in [6.07, 6.45) is 5.86. The lowest BCUT2D eigenvalue weighted by Gasteiger charge is -2.11. The van der Waals surface area contributed by atoms with Crippen LogP contribution in [0.25, 0.3) is 0 Å². The topological polar surface area (TPSA) is 90.0 Å². The lowest BCUT2D eigenvalue weighted by Crippen LogP contribution is -2.26. The molecule has 0 amide bonds. The Kier molecular flexibility index (Phi) is 5.42. The molecule has 3 N–H and O–H groups in total. The standard InChI is InChI=1S/C12H14Br2N4O2S/c13-9-6-10(14)12(11(15)7-9)21(19,20)17-2-1-4-18-5-3-16-8-18/h3,5-8,17H,1-2,4,15H2. The average Bonchev–Trinajstić information content (AvgIpc) is 2.86. The van der Waals surface area contributed by atoms with Crippen LogP contribution >= 0.6 is 31.9 Å². The number of sulfonamides is 1. The van der Waals surface area contributed by atoms with Crippen LogP contribution in [0.4, 0.5) is 5.69 Å². The summed E-state index contributed by atoms with van der Waals surface area (Å²) in [5, 5.41) is 0. The number of imidazole rings is 1. The number of nitrogens with one attached hydrogen (secondary N) is 1. The van der Waals surface area contributed by atoms with Gasteiger partial charge >= 0.3 is 0 Å². The Morgan fingerprint density at radius 3 is 2.71 bits per heavy atom. The summed E-state index contributed by atoms with van der Waals surface area (Å²) in [5.41, 5.74) is 5.99. The van der Waals surface area contributed by atoms with Gasteiger partial charge in [0.25, 0.3) is 0 Å². The number of benzene rings is 1. The number of anilines is 1. The molecule has 0 atom stereocenters. The van der Waals surface area contributed by atoms with E-state index in [-0.39, 0.29) is 10.6 Å². The molecule has 2 aromatic rings. The Bertz CT molecular complexity index is 694. The highest BCUT2D eigenvalue weighted by Crippen LogP contribution is 2.31. The van der Waals surface area contributed by atoms with Crippen molar-refractivity contribution in [3.63, 3.8) is 0 Å². The molecule has 1 aromatic carbocycles. The molecule has 0 unspecified atom stereocenters. The third kappa shape index (κ3) is 4.29. The van der Waals surface area contributed by atoms with Crippen LogP contribution in [-0.4, -0.2) is 24.5 Å². The fourth-order valence-corrected chi connectivity index (χ4v) is 4.96. The van der Waals surface area contributed by atoms with Crippen molar-refractivity contribution in [1.29, 1.82) is 0 Å². The minimum Gasteiger partial charge on any atom is -0.398 e. The monoisotopic (exact) mass is 436 g/mol. The predicted molar refractivity (Wildman–Crippen MR) is 88.3 cm³/mol. The fraction of sp³-hybridized carbons (Fsp3) is 0.250. The maximum absolute atomic E-state index is 12.3. The lowest BCUT2D eigenvalue weighted by molar-refractivity contribution is 0.569. The number of nitrogens with zero attached hydrogens (tertiary/aromatic N) is 2. The van der Waals surface area contributed by atoms with Gasteiger partial charge in [0.2, 0.25) is 10.0 Å². The van der Waals surface area contributed by atoms with E-state index in [1.165, 1.54) is 0 Å². The molecule has 0 aliphatic rings. The maximum Gasteiger partial charge on any atom is 0.243 e. The molecule has 2 rings (SSSR count). The van der Waals surface area contributed by atoms with Crippen LogP contribution in [0.2, 0.25) is 0 Å². The average molecular weight is 438 g/mol. The van der Waals surface area contributed by atoms with Crippen molar-refractivity contribution in [1.82, 2.24) is 14.3 Å². The van der Waals surface area contributed by atoms with Crippen molar-refractivity contribution in [3.8, 4) is 0 Å². The third-order valence-electron chi connectivity index (χ3n) is 2.75. The molecule has 0 saturated heterocycles. The van der Waals surface area contributed by atoms with E-state index in [0.717, 1.165) is 0 Å². The molecule has 1 heterocycles. The summed E-state index contributed by atoms with van der Waals surface area (Å²) in [4.78, 5) is 3.99. The number of aryl methyl sites for hydroxylation is 1. The molecule has 114 valence electrons. The SMILES string of the molecule is Nc1cc(Br)cc(Br)c1S(=O)(=O)NCCCn1ccnc1. The Morgan fingerprint density at radius 1 is 1.33 bits per heavy atom. The Balaban J connectivity index is 2.02. The normalized spacial score (nSPS) is 11.7. The van der Waals surface area contributed by atoms with Crippen LogP contribution in [0.3, 0.4) is 0 Å². The van der Waals surface area contributed by atoms with Gasteiger partial charge in [0.15, 0.2) is 0 Å². The lowest BCUT2D eigenvalue weighted by atomic mass is 10.3. The van der Waals surface area contributed by atoms with Gasteiger partial charge in [-0.05, 0) is 34.5 Å². The maximum atomic E-state index is 12.3. The molecular weight excluding hydrogens is 424 g/mol. The summed E-state index contributed by atoms with van der Waals surface area (Å²) in [7, 11) is -3.65. The zero-order chi connectivity index (χ0) is 15.5. The van der Waals surface area contributed by atoms with Crippen molar-refractivity contribution in [2.45, 2.75) is 17.9 Å². The van der Waals surface area contributed by atoms with Crippen molar-refractivity contribution < 1.29 is 8.42 Å². The van der Waals surface area contributed by atoms with E-state index in [4.69, 9.17) is 5.73 Å². The molecule has 0 bridgehead atoms. The number of halogens is 2. The van der Waals surface area contributed by atoms with Gasteiger partial charge in [0.1, 0.15) is 4.90 Å². The molecule has 0 fully saturated rings. The molecule has 0 saturated carbocycles. The van der Waals surface area contributed by atoms with E-state index in [2.05, 4.69) is 41.6 Å². The first-order valence-electron chi connectivity index (χ1n) is 6.10. The summed E-state index contributed by atoms with van der Waals surface area (Å²) < 4.78 is 30.2. The quantitative estimate of drug-likeness (QED) is 0.536. The van der Waals surface area contributed by atoms with Crippen LogP contribution in [0, 0.1) is 0 Å². The van der Waals surface area contributed by atoms with Gasteiger partial charge in [-0.2, -0.15) is 0 Å². The summed E-state index contributed by atoms with van der Waals surface area (Å²) in [6.45, 7) is 1.02. The molecule has 6 nitrogen and oxygen atoms in total. The van der Waals surface area contributed by atoms with E-state index in [1.54, 1.807) is 24.7 Å². The molecule has 0 radical (unpaired) electrons. The molecule has 1 aromatic heterocycles. The first-order valence-corrected chi connectivity index (χ1v) is 9.17. The number of nitrogens with two attached hydrogens (primary N) is 1. The predicted octanol–water partition coefficient (Wildman–Crippen LogP) is 2.36. The van der Waals surface area contributed by atoms with Gasteiger partial charge in [0, 0.05) is 34.4 Å². The van der Waals surface area contributed by atoms with Crippen molar-refractivity contribution >= 4 is 47.6 Å². The molecule has 0 aliphatic carbocycles. The molecule has 9 heteroatoms. The van der Waals surface area contributed by atoms with Gasteiger partial charge in [-0.1, -0.05) is 15.9 Å². The van der Waals surface area contributed by atoms with Crippen LogP contribution in [0.5, 0.6) is 0 Å². The molecular formula is C12H14Br2N4O2S. The van der Waals surface area contributed by atoms with Crippen LogP contribution < -0.4 is 10.5 Å². The minimum atomic E-state index is -3.65. The van der Waals surface area contributed by atoms with Crippen molar-refractivity contribution in [3.05, 3.63) is 39.8 Å². The van der Waals surface area contributed by atoms with Gasteiger partial charge < -0.3 is 10.3 Å². The first kappa shape index (κ1) is 16.5. The zero-order valence-electron chi connectivity index (χ0n) is 11.0. The zero-order valence-corrected chi connectivity index (χ0v) is 14.9. The molecule has 0 spiro atoms. The number of hydrogen-bond donors (Lipinski definition) is 2. The van der Waals surface area contributed by atoms with Crippen LogP contribution in [0.1, 0.15) is 6.42 Å². The number of nitrogen functional groups attached to an aromatic ring is 1. The summed E-state index contributed by atoms with van der Waals surface area (Å²) in [5.74, 6) is 0. The second-order valence-corrected chi connectivity index (χ2v) is 7.83. The minimum absolute atomic E-state index is 0.0633. The first-order chi connectivity index (χ1) is 9.90. The van der Waals surface area contributed by atoms with Crippen molar-refractivity contribution in [2.75, 3.05) is 12.3 Å². The number of hydrogen-bond acceptors (Lipinski definition) is 4. The second-order valence-electron chi connectivity index (χ2n) is 4.36. The molecule has 21 heavy (non-hydrogen) atoms. The highest BCUT2D eigenvalue weighted by atomic mass is 79.9. The Hall–Kier alpha value is -0.900. The van der Waals surface area contributed by atoms with E-state index in [9.17, 15) is 8.42 Å². The van der Waals surface area contributed by atoms with Gasteiger partial charge in [-0.3, -0.25) is 0 Å². The van der Waals surface area contributed by atoms with E-state index < -0.39 is 10.0 Å². The van der Waals surface area contributed by atoms with Crippen LogP contribution in [-0.2, 0) is 16.6 Å². The van der Waals surface area contributed by atoms with E-state index in [1.807, 2.05) is 10.8 Å². The highest BCUT2D eigenvalue weighted by molar-refractivity contribution is 9.11. The van der Waals surface area contributed by atoms with E-state index >= 15 is 0 Å². The summed E-state index contributed by atoms with van der Waals surface area (Å²) in [6, 6.07) is 3.21. The second kappa shape index (κ2) is 6.91. The number of aromatic nitrogens is 2. The Morgan fingerprint density at radius 2 is 2.10 bits per heavy atom. The Labute approximate surface area is 140 Å². The van der Waals surface area contributed by atoms with Gasteiger partial charge in [-0.25, -0.2) is 18.1 Å². The third-order valence-corrected chi connectivity index (χ3v) is 5.67. The van der Waals surface area contributed by atoms with Gasteiger partial charge in [0.05, 0.1) is 12.0 Å². The number of rotatable bonds is 6. The largest absolute Gasteiger partial charge is 0.398 e.